The number of aryl methyl sites for hydroxylation is 1. The molecule has 12 heavy (non-hydrogen) atoms. The van der Waals surface area contributed by atoms with Gasteiger partial charge in [-0.25, -0.2) is 4.98 Å². The van der Waals surface area contributed by atoms with Crippen LogP contribution in [0.2, 0.25) is 0 Å². The highest BCUT2D eigenvalue weighted by Gasteiger charge is 2.14. The molecule has 1 aliphatic rings. The SMILES string of the molecule is C[C@H]1CCc2ccc(N)nc2N1. The van der Waals surface area contributed by atoms with Crippen LogP contribution in [0.1, 0.15) is 18.9 Å². The van der Waals surface area contributed by atoms with E-state index in [0.717, 1.165) is 12.2 Å². The lowest BCUT2D eigenvalue weighted by Crippen LogP contribution is -2.23. The van der Waals surface area contributed by atoms with Crippen molar-refractivity contribution in [3.8, 4) is 0 Å². The van der Waals surface area contributed by atoms with Gasteiger partial charge in [0, 0.05) is 6.04 Å². The molecular weight excluding hydrogens is 150 g/mol. The van der Waals surface area contributed by atoms with Crippen LogP contribution >= 0.6 is 0 Å². The Balaban J connectivity index is 2.37. The second kappa shape index (κ2) is 2.66. The molecule has 0 bridgehead atoms. The summed E-state index contributed by atoms with van der Waals surface area (Å²) in [6.07, 6.45) is 2.29. The van der Waals surface area contributed by atoms with E-state index in [-0.39, 0.29) is 0 Å². The third-order valence-corrected chi connectivity index (χ3v) is 2.23. The van der Waals surface area contributed by atoms with Crippen molar-refractivity contribution in [2.75, 3.05) is 11.1 Å². The molecule has 0 fully saturated rings. The molecule has 3 nitrogen and oxygen atoms in total. The van der Waals surface area contributed by atoms with Crippen LogP contribution in [0, 0.1) is 0 Å². The number of nitrogens with one attached hydrogen (secondary N) is 1. The minimum atomic E-state index is 0.520. The van der Waals surface area contributed by atoms with Crippen LogP contribution in [0.5, 0.6) is 0 Å². The number of aromatic nitrogens is 1. The molecular formula is C9H13N3. The number of hydrogen-bond donors (Lipinski definition) is 2. The zero-order valence-corrected chi connectivity index (χ0v) is 7.17. The second-order valence-electron chi connectivity index (χ2n) is 3.33. The lowest BCUT2D eigenvalue weighted by atomic mass is 10.0. The third-order valence-electron chi connectivity index (χ3n) is 2.23. The molecule has 1 aromatic heterocycles. The summed E-state index contributed by atoms with van der Waals surface area (Å²) in [4.78, 5) is 4.23. The summed E-state index contributed by atoms with van der Waals surface area (Å²) < 4.78 is 0. The van der Waals surface area contributed by atoms with E-state index >= 15 is 0 Å². The molecule has 0 radical (unpaired) electrons. The van der Waals surface area contributed by atoms with Gasteiger partial charge < -0.3 is 11.1 Å². The molecule has 0 amide bonds. The lowest BCUT2D eigenvalue weighted by molar-refractivity contribution is 0.674. The summed E-state index contributed by atoms with van der Waals surface area (Å²) in [6, 6.07) is 4.43. The van der Waals surface area contributed by atoms with Crippen LogP contribution in [0.15, 0.2) is 12.1 Å². The van der Waals surface area contributed by atoms with Gasteiger partial charge in [0.15, 0.2) is 0 Å². The first-order valence-electron chi connectivity index (χ1n) is 4.27. The van der Waals surface area contributed by atoms with Gasteiger partial charge in [0.25, 0.3) is 0 Å². The van der Waals surface area contributed by atoms with Gasteiger partial charge >= 0.3 is 0 Å². The van der Waals surface area contributed by atoms with E-state index in [0.29, 0.717) is 11.9 Å². The van der Waals surface area contributed by atoms with Crippen LogP contribution in [0.4, 0.5) is 11.6 Å². The Morgan fingerprint density at radius 3 is 3.25 bits per heavy atom. The smallest absolute Gasteiger partial charge is 0.131 e. The Morgan fingerprint density at radius 2 is 2.42 bits per heavy atom. The Morgan fingerprint density at radius 1 is 1.58 bits per heavy atom. The largest absolute Gasteiger partial charge is 0.384 e. The summed E-state index contributed by atoms with van der Waals surface area (Å²) in [5.41, 5.74) is 6.86. The first-order chi connectivity index (χ1) is 5.75. The molecule has 2 heterocycles. The minimum Gasteiger partial charge on any atom is -0.384 e. The average molecular weight is 163 g/mol. The maximum absolute atomic E-state index is 5.58. The van der Waals surface area contributed by atoms with E-state index in [2.05, 4.69) is 23.3 Å². The number of anilines is 2. The number of rotatable bonds is 0. The monoisotopic (exact) mass is 163 g/mol. The first kappa shape index (κ1) is 7.40. The molecule has 0 aromatic carbocycles. The van der Waals surface area contributed by atoms with E-state index in [1.807, 2.05) is 6.07 Å². The van der Waals surface area contributed by atoms with Gasteiger partial charge in [0.05, 0.1) is 0 Å². The Kier molecular flexibility index (Phi) is 1.64. The van der Waals surface area contributed by atoms with Crippen molar-refractivity contribution >= 4 is 11.6 Å². The van der Waals surface area contributed by atoms with E-state index in [1.165, 1.54) is 12.0 Å². The van der Waals surface area contributed by atoms with Crippen molar-refractivity contribution in [1.82, 2.24) is 4.98 Å². The molecule has 64 valence electrons. The molecule has 2 rings (SSSR count). The molecule has 0 spiro atoms. The first-order valence-corrected chi connectivity index (χ1v) is 4.27. The maximum atomic E-state index is 5.58. The lowest BCUT2D eigenvalue weighted by Gasteiger charge is -2.22. The summed E-state index contributed by atoms with van der Waals surface area (Å²) in [5.74, 6) is 1.56. The van der Waals surface area contributed by atoms with E-state index in [1.54, 1.807) is 0 Å². The van der Waals surface area contributed by atoms with Gasteiger partial charge in [-0.1, -0.05) is 6.07 Å². The Bertz CT molecular complexity index is 296. The van der Waals surface area contributed by atoms with Crippen LogP contribution in [0.25, 0.3) is 0 Å². The van der Waals surface area contributed by atoms with Gasteiger partial charge in [-0.15, -0.1) is 0 Å². The van der Waals surface area contributed by atoms with Gasteiger partial charge in [-0.3, -0.25) is 0 Å². The second-order valence-corrected chi connectivity index (χ2v) is 3.33. The zero-order chi connectivity index (χ0) is 8.55. The van der Waals surface area contributed by atoms with Crippen molar-refractivity contribution in [3.05, 3.63) is 17.7 Å². The molecule has 3 heteroatoms. The standard InChI is InChI=1S/C9H13N3/c1-6-2-3-7-4-5-8(10)12-9(7)11-6/h4-6H,2-3H2,1H3,(H3,10,11,12)/t6-/m0/s1. The van der Waals surface area contributed by atoms with Crippen molar-refractivity contribution in [3.63, 3.8) is 0 Å². The molecule has 1 aromatic rings. The van der Waals surface area contributed by atoms with Crippen LogP contribution in [-0.4, -0.2) is 11.0 Å². The maximum Gasteiger partial charge on any atom is 0.131 e. The van der Waals surface area contributed by atoms with Crippen molar-refractivity contribution in [1.29, 1.82) is 0 Å². The molecule has 1 atom stereocenters. The Labute approximate surface area is 72.0 Å². The van der Waals surface area contributed by atoms with Gasteiger partial charge in [0.2, 0.25) is 0 Å². The number of nitrogens with two attached hydrogens (primary N) is 1. The highest BCUT2D eigenvalue weighted by Crippen LogP contribution is 2.23. The molecule has 0 saturated carbocycles. The molecule has 1 aliphatic heterocycles. The van der Waals surface area contributed by atoms with Crippen LogP contribution < -0.4 is 11.1 Å². The fourth-order valence-electron chi connectivity index (χ4n) is 1.51. The normalized spacial score (nSPS) is 21.2. The fraction of sp³-hybridized carbons (Fsp3) is 0.444. The number of pyridine rings is 1. The molecule has 0 unspecified atom stereocenters. The fourth-order valence-corrected chi connectivity index (χ4v) is 1.51. The average Bonchev–Trinajstić information content (AvgIpc) is 2.03. The van der Waals surface area contributed by atoms with Crippen molar-refractivity contribution in [2.45, 2.75) is 25.8 Å². The van der Waals surface area contributed by atoms with E-state index in [4.69, 9.17) is 5.73 Å². The van der Waals surface area contributed by atoms with Crippen molar-refractivity contribution < 1.29 is 0 Å². The van der Waals surface area contributed by atoms with Crippen LogP contribution in [0.3, 0.4) is 0 Å². The number of nitrogen functional groups attached to an aromatic ring is 1. The Hall–Kier alpha value is -1.25. The van der Waals surface area contributed by atoms with Crippen LogP contribution in [-0.2, 0) is 6.42 Å². The summed E-state index contributed by atoms with van der Waals surface area (Å²) in [7, 11) is 0. The molecule has 0 saturated heterocycles. The topological polar surface area (TPSA) is 50.9 Å². The minimum absolute atomic E-state index is 0.520. The van der Waals surface area contributed by atoms with Crippen molar-refractivity contribution in [2.24, 2.45) is 0 Å². The number of fused-ring (bicyclic) bond motifs is 1. The predicted molar refractivity (Wildman–Crippen MR) is 50.1 cm³/mol. The number of hydrogen-bond acceptors (Lipinski definition) is 3. The van der Waals surface area contributed by atoms with Gasteiger partial charge in [-0.05, 0) is 31.4 Å². The van der Waals surface area contributed by atoms with Gasteiger partial charge in [0.1, 0.15) is 11.6 Å². The summed E-state index contributed by atoms with van der Waals surface area (Å²) in [6.45, 7) is 2.16. The van der Waals surface area contributed by atoms with E-state index in [9.17, 15) is 0 Å². The third kappa shape index (κ3) is 1.22. The number of nitrogens with zero attached hydrogens (tertiary/aromatic N) is 1. The zero-order valence-electron chi connectivity index (χ0n) is 7.17. The van der Waals surface area contributed by atoms with E-state index < -0.39 is 0 Å². The summed E-state index contributed by atoms with van der Waals surface area (Å²) in [5, 5.41) is 3.31. The molecule has 3 N–H and O–H groups in total. The highest BCUT2D eigenvalue weighted by atomic mass is 15.0. The van der Waals surface area contributed by atoms with Gasteiger partial charge in [-0.2, -0.15) is 0 Å². The molecule has 0 aliphatic carbocycles. The quantitative estimate of drug-likeness (QED) is 0.608. The summed E-state index contributed by atoms with van der Waals surface area (Å²) >= 11 is 0. The highest BCUT2D eigenvalue weighted by molar-refractivity contribution is 5.51. The predicted octanol–water partition coefficient (Wildman–Crippen LogP) is 1.41.